The van der Waals surface area contributed by atoms with Crippen LogP contribution >= 0.6 is 23.1 Å². The number of H-pyrrole nitrogens is 1. The van der Waals surface area contributed by atoms with Crippen LogP contribution in [0.1, 0.15) is 16.3 Å². The van der Waals surface area contributed by atoms with E-state index in [0.717, 1.165) is 70.3 Å². The third-order valence-electron chi connectivity index (χ3n) is 5.34. The number of aromatic amines is 1. The van der Waals surface area contributed by atoms with Crippen molar-refractivity contribution in [2.45, 2.75) is 30.6 Å². The first-order chi connectivity index (χ1) is 14.7. The van der Waals surface area contributed by atoms with E-state index < -0.39 is 0 Å². The van der Waals surface area contributed by atoms with Gasteiger partial charge in [0.1, 0.15) is 15.7 Å². The van der Waals surface area contributed by atoms with E-state index in [1.807, 2.05) is 24.4 Å². The highest BCUT2D eigenvalue weighted by Crippen LogP contribution is 2.37. The summed E-state index contributed by atoms with van der Waals surface area (Å²) in [6.45, 7) is 8.44. The molecule has 0 atom stereocenters. The van der Waals surface area contributed by atoms with Gasteiger partial charge in [0.05, 0.1) is 31.6 Å². The lowest BCUT2D eigenvalue weighted by molar-refractivity contribution is 0.0330. The fourth-order valence-electron chi connectivity index (χ4n) is 3.57. The number of nitrogens with one attached hydrogen (secondary N) is 1. The molecule has 3 aromatic heterocycles. The number of aromatic nitrogens is 4. The van der Waals surface area contributed by atoms with Gasteiger partial charge in [0.2, 0.25) is 0 Å². The van der Waals surface area contributed by atoms with Gasteiger partial charge in [0.25, 0.3) is 0 Å². The number of hydrogen-bond donors (Lipinski definition) is 1. The van der Waals surface area contributed by atoms with E-state index in [4.69, 9.17) is 14.7 Å². The minimum absolute atomic E-state index is 0.746. The third kappa shape index (κ3) is 4.00. The maximum absolute atomic E-state index is 5.47. The predicted molar refractivity (Wildman–Crippen MR) is 121 cm³/mol. The summed E-state index contributed by atoms with van der Waals surface area (Å²) in [4.78, 5) is 22.6. The second-order valence-corrected chi connectivity index (χ2v) is 9.55. The first-order valence-corrected chi connectivity index (χ1v) is 11.7. The fraction of sp³-hybridized carbons (Fsp3) is 0.318. The van der Waals surface area contributed by atoms with Crippen molar-refractivity contribution in [3.8, 4) is 11.3 Å². The first kappa shape index (κ1) is 19.7. The highest BCUT2D eigenvalue weighted by molar-refractivity contribution is 7.99. The summed E-state index contributed by atoms with van der Waals surface area (Å²) < 4.78 is 5.47. The van der Waals surface area contributed by atoms with Gasteiger partial charge in [-0.25, -0.2) is 15.0 Å². The monoisotopic (exact) mass is 437 g/mol. The summed E-state index contributed by atoms with van der Waals surface area (Å²) in [6.07, 6.45) is 1.89. The second kappa shape index (κ2) is 8.47. The van der Waals surface area contributed by atoms with Crippen LogP contribution in [0.5, 0.6) is 0 Å². The summed E-state index contributed by atoms with van der Waals surface area (Å²) in [5, 5.41) is 2.96. The smallest absolute Gasteiger partial charge is 0.172 e. The number of imidazole rings is 1. The van der Waals surface area contributed by atoms with Gasteiger partial charge in [-0.1, -0.05) is 30.3 Å². The highest BCUT2D eigenvalue weighted by atomic mass is 32.2. The van der Waals surface area contributed by atoms with Crippen LogP contribution in [0.25, 0.3) is 21.5 Å². The molecular formula is C22H23N5OS2. The molecule has 1 fully saturated rings. The van der Waals surface area contributed by atoms with E-state index in [1.54, 1.807) is 23.1 Å². The van der Waals surface area contributed by atoms with Crippen LogP contribution in [0.4, 0.5) is 0 Å². The van der Waals surface area contributed by atoms with Crippen molar-refractivity contribution in [1.29, 1.82) is 0 Å². The minimum atomic E-state index is 0.746. The van der Waals surface area contributed by atoms with Crippen molar-refractivity contribution in [1.82, 2.24) is 24.8 Å². The van der Waals surface area contributed by atoms with Crippen LogP contribution < -0.4 is 0 Å². The van der Waals surface area contributed by atoms with Crippen molar-refractivity contribution in [2.24, 2.45) is 0 Å². The van der Waals surface area contributed by atoms with Gasteiger partial charge in [-0.05, 0) is 36.7 Å². The molecule has 0 amide bonds. The van der Waals surface area contributed by atoms with Crippen LogP contribution in [-0.4, -0.2) is 51.1 Å². The Balaban J connectivity index is 1.48. The Morgan fingerprint density at radius 3 is 2.73 bits per heavy atom. The van der Waals surface area contributed by atoms with Gasteiger partial charge in [-0.3, -0.25) is 4.90 Å². The molecule has 4 aromatic rings. The molecule has 1 aliphatic rings. The van der Waals surface area contributed by atoms with Gasteiger partial charge in [0, 0.05) is 23.4 Å². The number of ether oxygens (including phenoxy) is 1. The van der Waals surface area contributed by atoms with Gasteiger partial charge in [0.15, 0.2) is 5.16 Å². The maximum atomic E-state index is 5.47. The molecular weight excluding hydrogens is 414 g/mol. The van der Waals surface area contributed by atoms with E-state index in [2.05, 4.69) is 40.8 Å². The van der Waals surface area contributed by atoms with Crippen LogP contribution in [0.3, 0.4) is 0 Å². The van der Waals surface area contributed by atoms with Gasteiger partial charge in [-0.2, -0.15) is 0 Å². The van der Waals surface area contributed by atoms with Crippen LogP contribution in [0.15, 0.2) is 46.7 Å². The quantitative estimate of drug-likeness (QED) is 0.457. The number of benzene rings is 1. The standard InChI is InChI=1S/C22H23N5OS2/c1-14-15(2)29-20-19(14)21(26-18(25-20)13-27-8-10-28-11-9-27)30-22-23-12-17(24-22)16-6-4-3-5-7-16/h3-7,12H,8-11,13H2,1-2H3,(H,23,24). The summed E-state index contributed by atoms with van der Waals surface area (Å²) in [7, 11) is 0. The zero-order valence-electron chi connectivity index (χ0n) is 17.0. The van der Waals surface area contributed by atoms with Crippen molar-refractivity contribution in [3.63, 3.8) is 0 Å². The number of nitrogens with zero attached hydrogens (tertiary/aromatic N) is 4. The summed E-state index contributed by atoms with van der Waals surface area (Å²) in [6, 6.07) is 10.2. The third-order valence-corrected chi connectivity index (χ3v) is 7.33. The van der Waals surface area contributed by atoms with Crippen molar-refractivity contribution in [3.05, 3.63) is 52.8 Å². The number of morpholine rings is 1. The largest absolute Gasteiger partial charge is 0.379 e. The van der Waals surface area contributed by atoms with E-state index in [1.165, 1.54) is 10.4 Å². The molecule has 154 valence electrons. The lowest BCUT2D eigenvalue weighted by atomic mass is 10.2. The average Bonchev–Trinajstić information content (AvgIpc) is 3.34. The van der Waals surface area contributed by atoms with Crippen molar-refractivity contribution >= 4 is 33.3 Å². The molecule has 1 aromatic carbocycles. The fourth-order valence-corrected chi connectivity index (χ4v) is 5.63. The molecule has 30 heavy (non-hydrogen) atoms. The van der Waals surface area contributed by atoms with E-state index in [-0.39, 0.29) is 0 Å². The first-order valence-electron chi connectivity index (χ1n) is 10.0. The lowest BCUT2D eigenvalue weighted by Gasteiger charge is -2.25. The zero-order valence-corrected chi connectivity index (χ0v) is 18.6. The Hall–Kier alpha value is -2.26. The Labute approximate surface area is 183 Å². The normalized spacial score (nSPS) is 15.1. The van der Waals surface area contributed by atoms with Crippen LogP contribution in [0, 0.1) is 13.8 Å². The summed E-state index contributed by atoms with van der Waals surface area (Å²) >= 11 is 3.33. The van der Waals surface area contributed by atoms with Gasteiger partial charge in [-0.15, -0.1) is 11.3 Å². The summed E-state index contributed by atoms with van der Waals surface area (Å²) in [5.74, 6) is 0.864. The Morgan fingerprint density at radius 1 is 1.13 bits per heavy atom. The molecule has 0 saturated carbocycles. The maximum Gasteiger partial charge on any atom is 0.172 e. The Bertz CT molecular complexity index is 1170. The van der Waals surface area contributed by atoms with Gasteiger partial charge >= 0.3 is 0 Å². The van der Waals surface area contributed by atoms with Crippen molar-refractivity contribution < 1.29 is 4.74 Å². The van der Waals surface area contributed by atoms with Crippen LogP contribution in [0.2, 0.25) is 0 Å². The number of rotatable bonds is 5. The molecule has 5 rings (SSSR count). The molecule has 1 N–H and O–H groups in total. The molecule has 0 spiro atoms. The predicted octanol–water partition coefficient (Wildman–Crippen LogP) is 4.68. The molecule has 0 aliphatic carbocycles. The molecule has 1 aliphatic heterocycles. The lowest BCUT2D eigenvalue weighted by Crippen LogP contribution is -2.36. The van der Waals surface area contributed by atoms with E-state index in [9.17, 15) is 0 Å². The zero-order chi connectivity index (χ0) is 20.5. The number of hydrogen-bond acceptors (Lipinski definition) is 7. The molecule has 0 unspecified atom stereocenters. The number of fused-ring (bicyclic) bond motifs is 1. The number of aryl methyl sites for hydroxylation is 2. The van der Waals surface area contributed by atoms with E-state index >= 15 is 0 Å². The average molecular weight is 438 g/mol. The molecule has 8 heteroatoms. The molecule has 1 saturated heterocycles. The highest BCUT2D eigenvalue weighted by Gasteiger charge is 2.19. The SMILES string of the molecule is Cc1sc2nc(CN3CCOCC3)nc(Sc3ncc(-c4ccccc4)[nH]3)c2c1C. The number of thiophene rings is 1. The Morgan fingerprint density at radius 2 is 1.93 bits per heavy atom. The minimum Gasteiger partial charge on any atom is -0.379 e. The second-order valence-electron chi connectivity index (χ2n) is 7.37. The molecule has 0 radical (unpaired) electrons. The van der Waals surface area contributed by atoms with E-state index in [0.29, 0.717) is 0 Å². The Kier molecular flexibility index (Phi) is 5.56. The molecule has 0 bridgehead atoms. The molecule has 4 heterocycles. The summed E-state index contributed by atoms with van der Waals surface area (Å²) in [5.41, 5.74) is 3.39. The van der Waals surface area contributed by atoms with Crippen LogP contribution in [-0.2, 0) is 11.3 Å². The molecule has 6 nitrogen and oxygen atoms in total. The van der Waals surface area contributed by atoms with Crippen molar-refractivity contribution in [2.75, 3.05) is 26.3 Å². The topological polar surface area (TPSA) is 66.9 Å². The van der Waals surface area contributed by atoms with Gasteiger partial charge < -0.3 is 9.72 Å².